The summed E-state index contributed by atoms with van der Waals surface area (Å²) < 4.78 is 42.7. The first kappa shape index (κ1) is 16.1. The highest BCUT2D eigenvalue weighted by Crippen LogP contribution is 2.31. The van der Waals surface area contributed by atoms with Crippen molar-refractivity contribution in [2.24, 2.45) is 0 Å². The summed E-state index contributed by atoms with van der Waals surface area (Å²) in [5.74, 6) is 1.01. The molecule has 1 aromatic rings. The van der Waals surface area contributed by atoms with Crippen molar-refractivity contribution in [3.05, 3.63) is 18.2 Å². The van der Waals surface area contributed by atoms with Gasteiger partial charge >= 0.3 is 0 Å². The van der Waals surface area contributed by atoms with Crippen molar-refractivity contribution >= 4 is 10.0 Å². The van der Waals surface area contributed by atoms with Crippen LogP contribution < -0.4 is 9.47 Å². The van der Waals surface area contributed by atoms with Gasteiger partial charge in [-0.1, -0.05) is 0 Å². The molecule has 0 spiro atoms. The number of ether oxygens (including phenoxy) is 3. The molecule has 0 unspecified atom stereocenters. The molecule has 6 nitrogen and oxygen atoms in total. The molecular weight excluding hydrogens is 294 g/mol. The van der Waals surface area contributed by atoms with Gasteiger partial charge in [-0.05, 0) is 26.0 Å². The Labute approximate surface area is 125 Å². The van der Waals surface area contributed by atoms with Gasteiger partial charge in [0.1, 0.15) is 0 Å². The average Bonchev–Trinajstić information content (AvgIpc) is 2.50. The maximum atomic E-state index is 12.6. The fraction of sp³-hybridized carbons (Fsp3) is 0.571. The normalized spacial score (nSPS) is 16.7. The first-order chi connectivity index (χ1) is 10.1. The van der Waals surface area contributed by atoms with E-state index in [0.717, 1.165) is 0 Å². The summed E-state index contributed by atoms with van der Waals surface area (Å²) in [6.45, 7) is 6.26. The highest BCUT2D eigenvalue weighted by Gasteiger charge is 2.27. The van der Waals surface area contributed by atoms with Crippen LogP contribution in [0, 0.1) is 0 Å². The van der Waals surface area contributed by atoms with Crippen LogP contribution in [0.25, 0.3) is 0 Å². The average molecular weight is 315 g/mol. The number of benzene rings is 1. The lowest BCUT2D eigenvalue weighted by Gasteiger charge is -2.26. The zero-order valence-corrected chi connectivity index (χ0v) is 13.2. The lowest BCUT2D eigenvalue weighted by atomic mass is 10.3. The van der Waals surface area contributed by atoms with Gasteiger partial charge in [-0.2, -0.15) is 4.31 Å². The van der Waals surface area contributed by atoms with Crippen molar-refractivity contribution in [2.75, 3.05) is 39.5 Å². The molecule has 1 saturated heterocycles. The van der Waals surface area contributed by atoms with Crippen molar-refractivity contribution in [2.45, 2.75) is 18.7 Å². The first-order valence-electron chi connectivity index (χ1n) is 7.07. The number of morpholine rings is 1. The number of hydrogen-bond acceptors (Lipinski definition) is 5. The predicted molar refractivity (Wildman–Crippen MR) is 78.4 cm³/mol. The lowest BCUT2D eigenvalue weighted by molar-refractivity contribution is 0.0730. The van der Waals surface area contributed by atoms with E-state index in [9.17, 15) is 8.42 Å². The monoisotopic (exact) mass is 315 g/mol. The van der Waals surface area contributed by atoms with E-state index in [1.807, 2.05) is 13.8 Å². The van der Waals surface area contributed by atoms with Crippen LogP contribution in [0.2, 0.25) is 0 Å². The summed E-state index contributed by atoms with van der Waals surface area (Å²) in [6, 6.07) is 4.72. The highest BCUT2D eigenvalue weighted by atomic mass is 32.2. The number of hydrogen-bond donors (Lipinski definition) is 0. The van der Waals surface area contributed by atoms with Crippen molar-refractivity contribution < 1.29 is 22.6 Å². The van der Waals surface area contributed by atoms with Crippen molar-refractivity contribution in [1.29, 1.82) is 0 Å². The molecule has 0 N–H and O–H groups in total. The molecule has 118 valence electrons. The summed E-state index contributed by atoms with van der Waals surface area (Å²) in [7, 11) is -3.52. The van der Waals surface area contributed by atoms with Crippen LogP contribution in [0.3, 0.4) is 0 Å². The second kappa shape index (κ2) is 7.11. The van der Waals surface area contributed by atoms with Crippen molar-refractivity contribution in [1.82, 2.24) is 4.31 Å². The third-order valence-electron chi connectivity index (χ3n) is 3.12. The fourth-order valence-electron chi connectivity index (χ4n) is 2.13. The van der Waals surface area contributed by atoms with Gasteiger partial charge < -0.3 is 14.2 Å². The van der Waals surface area contributed by atoms with Crippen LogP contribution in [0.4, 0.5) is 0 Å². The second-order valence-corrected chi connectivity index (χ2v) is 6.43. The number of sulfonamides is 1. The minimum absolute atomic E-state index is 0.219. The Kier molecular flexibility index (Phi) is 5.44. The lowest BCUT2D eigenvalue weighted by Crippen LogP contribution is -2.40. The summed E-state index contributed by atoms with van der Waals surface area (Å²) in [5, 5.41) is 0. The van der Waals surface area contributed by atoms with Gasteiger partial charge in [0, 0.05) is 19.2 Å². The topological polar surface area (TPSA) is 65.1 Å². The molecule has 1 aliphatic heterocycles. The first-order valence-corrected chi connectivity index (χ1v) is 8.51. The quantitative estimate of drug-likeness (QED) is 0.796. The smallest absolute Gasteiger partial charge is 0.243 e. The van der Waals surface area contributed by atoms with Crippen LogP contribution in [-0.4, -0.2) is 52.2 Å². The van der Waals surface area contributed by atoms with Gasteiger partial charge in [-0.15, -0.1) is 0 Å². The van der Waals surface area contributed by atoms with Crippen LogP contribution >= 0.6 is 0 Å². The third-order valence-corrected chi connectivity index (χ3v) is 5.02. The second-order valence-electron chi connectivity index (χ2n) is 4.49. The van der Waals surface area contributed by atoms with Gasteiger partial charge in [0.25, 0.3) is 0 Å². The summed E-state index contributed by atoms with van der Waals surface area (Å²) >= 11 is 0. The SMILES string of the molecule is CCOc1ccc(S(=O)(=O)N2CCOCC2)cc1OCC. The molecule has 0 saturated carbocycles. The summed E-state index contributed by atoms with van der Waals surface area (Å²) in [5.41, 5.74) is 0. The summed E-state index contributed by atoms with van der Waals surface area (Å²) in [6.07, 6.45) is 0. The zero-order valence-electron chi connectivity index (χ0n) is 12.4. The van der Waals surface area contributed by atoms with E-state index in [1.54, 1.807) is 12.1 Å². The largest absolute Gasteiger partial charge is 0.490 e. The molecular formula is C14H21NO5S. The van der Waals surface area contributed by atoms with Crippen molar-refractivity contribution in [3.8, 4) is 11.5 Å². The van der Waals surface area contributed by atoms with Gasteiger partial charge in [-0.3, -0.25) is 0 Å². The Morgan fingerprint density at radius 1 is 1.10 bits per heavy atom. The van der Waals surface area contributed by atoms with E-state index in [-0.39, 0.29) is 4.90 Å². The maximum absolute atomic E-state index is 12.6. The third kappa shape index (κ3) is 3.66. The van der Waals surface area contributed by atoms with E-state index in [2.05, 4.69) is 0 Å². The van der Waals surface area contributed by atoms with Crippen LogP contribution in [-0.2, 0) is 14.8 Å². The number of rotatable bonds is 6. The maximum Gasteiger partial charge on any atom is 0.243 e. The van der Waals surface area contributed by atoms with E-state index < -0.39 is 10.0 Å². The predicted octanol–water partition coefficient (Wildman–Crippen LogP) is 1.50. The van der Waals surface area contributed by atoms with Crippen LogP contribution in [0.1, 0.15) is 13.8 Å². The van der Waals surface area contributed by atoms with E-state index >= 15 is 0 Å². The molecule has 0 aromatic heterocycles. The Bertz CT molecular complexity index is 567. The Morgan fingerprint density at radius 3 is 2.33 bits per heavy atom. The minimum Gasteiger partial charge on any atom is -0.490 e. The standard InChI is InChI=1S/C14H21NO5S/c1-3-19-13-6-5-12(11-14(13)20-4-2)21(16,17)15-7-9-18-10-8-15/h5-6,11H,3-4,7-10H2,1-2H3. The Balaban J connectivity index is 2.32. The summed E-state index contributed by atoms with van der Waals surface area (Å²) in [4.78, 5) is 0.219. The van der Waals surface area contributed by atoms with Crippen LogP contribution in [0.5, 0.6) is 11.5 Å². The Morgan fingerprint density at radius 2 is 1.71 bits per heavy atom. The molecule has 0 bridgehead atoms. The van der Waals surface area contributed by atoms with Gasteiger partial charge in [0.05, 0.1) is 31.3 Å². The molecule has 1 heterocycles. The van der Waals surface area contributed by atoms with Gasteiger partial charge in [0.2, 0.25) is 10.0 Å². The van der Waals surface area contributed by atoms with E-state index in [1.165, 1.54) is 10.4 Å². The van der Waals surface area contributed by atoms with Gasteiger partial charge in [-0.25, -0.2) is 8.42 Å². The fourth-order valence-corrected chi connectivity index (χ4v) is 3.55. The zero-order chi connectivity index (χ0) is 15.3. The van der Waals surface area contributed by atoms with Crippen LogP contribution in [0.15, 0.2) is 23.1 Å². The molecule has 1 aliphatic rings. The van der Waals surface area contributed by atoms with E-state index in [0.29, 0.717) is 51.0 Å². The van der Waals surface area contributed by atoms with Crippen molar-refractivity contribution in [3.63, 3.8) is 0 Å². The van der Waals surface area contributed by atoms with E-state index in [4.69, 9.17) is 14.2 Å². The molecule has 0 aliphatic carbocycles. The molecule has 21 heavy (non-hydrogen) atoms. The number of nitrogens with zero attached hydrogens (tertiary/aromatic N) is 1. The minimum atomic E-state index is -3.52. The molecule has 2 rings (SSSR count). The molecule has 0 amide bonds. The molecule has 1 aromatic carbocycles. The molecule has 1 fully saturated rings. The molecule has 0 radical (unpaired) electrons. The molecule has 0 atom stereocenters. The molecule has 7 heteroatoms. The Hall–Kier alpha value is -1.31. The van der Waals surface area contributed by atoms with Gasteiger partial charge in [0.15, 0.2) is 11.5 Å². The highest BCUT2D eigenvalue weighted by molar-refractivity contribution is 7.89.